The number of hydrogen-bond acceptors (Lipinski definition) is 5. The Kier molecular flexibility index (Phi) is 4.88. The van der Waals surface area contributed by atoms with E-state index in [1.165, 1.54) is 0 Å². The predicted molar refractivity (Wildman–Crippen MR) is 87.6 cm³/mol. The Morgan fingerprint density at radius 3 is 2.56 bits per heavy atom. The second-order valence-electron chi connectivity index (χ2n) is 6.57. The van der Waals surface area contributed by atoms with Crippen molar-refractivity contribution in [1.82, 2.24) is 9.21 Å². The van der Waals surface area contributed by atoms with Crippen LogP contribution in [-0.2, 0) is 14.8 Å². The topological polar surface area (TPSA) is 108 Å². The van der Waals surface area contributed by atoms with E-state index in [0.29, 0.717) is 19.4 Å². The number of piperidine rings is 1. The average molecular weight is 370 g/mol. The lowest BCUT2D eigenvalue weighted by molar-refractivity contribution is -0.137. The fourth-order valence-electron chi connectivity index (χ4n) is 3.58. The quantitative estimate of drug-likeness (QED) is 0.861. The minimum Gasteiger partial charge on any atom is -0.475 e. The van der Waals surface area contributed by atoms with Crippen LogP contribution < -0.4 is 0 Å². The monoisotopic (exact) mass is 370 g/mol. The van der Waals surface area contributed by atoms with Crippen LogP contribution >= 0.6 is 0 Å². The molecule has 9 heteroatoms. The van der Waals surface area contributed by atoms with Crippen LogP contribution in [0.5, 0.6) is 0 Å². The Hall–Kier alpha value is -1.87. The summed E-state index contributed by atoms with van der Waals surface area (Å²) in [5.74, 6) is -1.94. The molecule has 0 saturated carbocycles. The van der Waals surface area contributed by atoms with E-state index in [9.17, 15) is 18.0 Å². The molecular weight excluding hydrogens is 348 g/mol. The average Bonchev–Trinajstić information content (AvgIpc) is 3.24. The van der Waals surface area contributed by atoms with E-state index in [4.69, 9.17) is 9.52 Å². The molecule has 0 spiro atoms. The molecule has 0 radical (unpaired) electrons. The number of aromatic carboxylic acids is 1. The molecule has 0 bridgehead atoms. The molecular formula is C16H22N2O6S. The number of likely N-dealkylation sites (tertiary alicyclic amines) is 1. The van der Waals surface area contributed by atoms with Gasteiger partial charge in [0.25, 0.3) is 10.0 Å². The Bertz CT molecular complexity index is 771. The summed E-state index contributed by atoms with van der Waals surface area (Å²) in [5, 5.41) is 8.47. The molecule has 138 valence electrons. The summed E-state index contributed by atoms with van der Waals surface area (Å²) < 4.78 is 31.8. The van der Waals surface area contributed by atoms with Gasteiger partial charge in [-0.3, -0.25) is 4.79 Å². The van der Waals surface area contributed by atoms with E-state index in [1.54, 1.807) is 4.90 Å². The summed E-state index contributed by atoms with van der Waals surface area (Å²) >= 11 is 0. The Balaban J connectivity index is 1.84. The van der Waals surface area contributed by atoms with Crippen LogP contribution in [0.1, 0.15) is 49.6 Å². The first kappa shape index (κ1) is 17.9. The van der Waals surface area contributed by atoms with E-state index in [1.807, 2.05) is 6.92 Å². The Labute approximate surface area is 146 Å². The number of furan rings is 1. The third-order valence-electron chi connectivity index (χ3n) is 4.93. The first-order valence-corrected chi connectivity index (χ1v) is 9.92. The van der Waals surface area contributed by atoms with Crippen molar-refractivity contribution in [3.63, 3.8) is 0 Å². The zero-order valence-electron chi connectivity index (χ0n) is 14.1. The van der Waals surface area contributed by atoms with Crippen molar-refractivity contribution in [3.8, 4) is 0 Å². The minimum absolute atomic E-state index is 0.105. The zero-order chi connectivity index (χ0) is 18.2. The lowest BCUT2D eigenvalue weighted by atomic mass is 10.0. The van der Waals surface area contributed by atoms with Crippen molar-refractivity contribution in [3.05, 3.63) is 17.9 Å². The summed E-state index contributed by atoms with van der Waals surface area (Å²) in [6.45, 7) is 2.86. The van der Waals surface area contributed by atoms with Gasteiger partial charge in [0.2, 0.25) is 16.8 Å². The fourth-order valence-corrected chi connectivity index (χ4v) is 5.15. The van der Waals surface area contributed by atoms with Crippen molar-refractivity contribution in [2.24, 2.45) is 0 Å². The largest absolute Gasteiger partial charge is 0.475 e. The highest BCUT2D eigenvalue weighted by atomic mass is 32.2. The Morgan fingerprint density at radius 1 is 1.16 bits per heavy atom. The van der Waals surface area contributed by atoms with Crippen molar-refractivity contribution < 1.29 is 27.5 Å². The van der Waals surface area contributed by atoms with Gasteiger partial charge < -0.3 is 14.4 Å². The van der Waals surface area contributed by atoms with Crippen LogP contribution in [0.25, 0.3) is 0 Å². The number of carbonyl (C=O) groups excluding carboxylic acids is 1. The maximum Gasteiger partial charge on any atom is 0.371 e. The van der Waals surface area contributed by atoms with Gasteiger partial charge in [0.05, 0.1) is 0 Å². The van der Waals surface area contributed by atoms with Gasteiger partial charge in [0.15, 0.2) is 0 Å². The van der Waals surface area contributed by atoms with Gasteiger partial charge in [-0.25, -0.2) is 13.2 Å². The lowest BCUT2D eigenvalue weighted by Crippen LogP contribution is -2.51. The standard InChI is InChI=1S/C16H22N2O6S/c1-11-5-2-3-9-17(11)15(19)12-6-4-10-18(12)25(22,23)14-8-7-13(24-14)16(20)21/h7-8,11-12H,2-6,9-10H2,1H3,(H,20,21). The number of nitrogens with zero attached hydrogens (tertiary/aromatic N) is 2. The molecule has 0 aromatic carbocycles. The van der Waals surface area contributed by atoms with Crippen LogP contribution in [0, 0.1) is 0 Å². The maximum atomic E-state index is 12.9. The van der Waals surface area contributed by atoms with E-state index in [-0.39, 0.29) is 18.5 Å². The van der Waals surface area contributed by atoms with Gasteiger partial charge in [-0.2, -0.15) is 4.31 Å². The molecule has 1 aromatic heterocycles. The SMILES string of the molecule is CC1CCCCN1C(=O)C1CCCN1S(=O)(=O)c1ccc(C(=O)O)o1. The highest BCUT2D eigenvalue weighted by Crippen LogP contribution is 2.30. The highest BCUT2D eigenvalue weighted by Gasteiger charge is 2.43. The van der Waals surface area contributed by atoms with Gasteiger partial charge in [0.1, 0.15) is 6.04 Å². The summed E-state index contributed by atoms with van der Waals surface area (Å²) in [4.78, 5) is 25.6. The van der Waals surface area contributed by atoms with Gasteiger partial charge in [0, 0.05) is 19.1 Å². The predicted octanol–water partition coefficient (Wildman–Crippen LogP) is 1.53. The van der Waals surface area contributed by atoms with Crippen molar-refractivity contribution in [1.29, 1.82) is 0 Å². The molecule has 3 rings (SSSR count). The maximum absolute atomic E-state index is 12.9. The summed E-state index contributed by atoms with van der Waals surface area (Å²) in [6.07, 6.45) is 3.97. The normalized spacial score (nSPS) is 25.2. The molecule has 3 heterocycles. The summed E-state index contributed by atoms with van der Waals surface area (Å²) in [7, 11) is -4.05. The van der Waals surface area contributed by atoms with Crippen LogP contribution in [0.4, 0.5) is 0 Å². The molecule has 2 saturated heterocycles. The van der Waals surface area contributed by atoms with Crippen LogP contribution in [0.2, 0.25) is 0 Å². The zero-order valence-corrected chi connectivity index (χ0v) is 14.9. The molecule has 2 aliphatic heterocycles. The first-order valence-electron chi connectivity index (χ1n) is 8.48. The lowest BCUT2D eigenvalue weighted by Gasteiger charge is -2.36. The number of hydrogen-bond donors (Lipinski definition) is 1. The molecule has 1 amide bonds. The van der Waals surface area contributed by atoms with E-state index < -0.39 is 32.9 Å². The van der Waals surface area contributed by atoms with E-state index >= 15 is 0 Å². The number of carboxylic acid groups (broad SMARTS) is 1. The molecule has 0 aliphatic carbocycles. The first-order chi connectivity index (χ1) is 11.8. The minimum atomic E-state index is -4.05. The molecule has 2 atom stereocenters. The molecule has 8 nitrogen and oxygen atoms in total. The van der Waals surface area contributed by atoms with E-state index in [2.05, 4.69) is 0 Å². The van der Waals surface area contributed by atoms with Crippen molar-refractivity contribution in [2.45, 2.75) is 56.2 Å². The molecule has 2 unspecified atom stereocenters. The smallest absolute Gasteiger partial charge is 0.371 e. The molecule has 1 N–H and O–H groups in total. The van der Waals surface area contributed by atoms with Gasteiger partial charge in [-0.15, -0.1) is 0 Å². The van der Waals surface area contributed by atoms with Gasteiger partial charge in [-0.1, -0.05) is 0 Å². The number of sulfonamides is 1. The van der Waals surface area contributed by atoms with Crippen LogP contribution in [-0.4, -0.2) is 59.8 Å². The van der Waals surface area contributed by atoms with Crippen LogP contribution in [0.3, 0.4) is 0 Å². The fraction of sp³-hybridized carbons (Fsp3) is 0.625. The molecule has 2 aliphatic rings. The number of carbonyl (C=O) groups is 2. The third-order valence-corrected chi connectivity index (χ3v) is 6.71. The Morgan fingerprint density at radius 2 is 1.92 bits per heavy atom. The van der Waals surface area contributed by atoms with E-state index in [0.717, 1.165) is 35.7 Å². The van der Waals surface area contributed by atoms with Crippen LogP contribution in [0.15, 0.2) is 21.6 Å². The summed E-state index contributed by atoms with van der Waals surface area (Å²) in [5.41, 5.74) is 0. The second-order valence-corrected chi connectivity index (χ2v) is 8.40. The number of rotatable bonds is 4. The van der Waals surface area contributed by atoms with Gasteiger partial charge in [-0.05, 0) is 51.2 Å². The highest BCUT2D eigenvalue weighted by molar-refractivity contribution is 7.89. The second kappa shape index (κ2) is 6.80. The number of carboxylic acids is 1. The molecule has 2 fully saturated rings. The molecule has 1 aromatic rings. The van der Waals surface area contributed by atoms with Gasteiger partial charge >= 0.3 is 5.97 Å². The third kappa shape index (κ3) is 3.30. The van der Waals surface area contributed by atoms with Crippen molar-refractivity contribution in [2.75, 3.05) is 13.1 Å². The number of amides is 1. The summed E-state index contributed by atoms with van der Waals surface area (Å²) in [6, 6.07) is 1.59. The molecule has 25 heavy (non-hydrogen) atoms. The van der Waals surface area contributed by atoms with Crippen molar-refractivity contribution >= 4 is 21.9 Å².